The van der Waals surface area contributed by atoms with Crippen LogP contribution in [0.15, 0.2) is 104 Å². The molecule has 3 aliphatic carbocycles. The van der Waals surface area contributed by atoms with Gasteiger partial charge in [0, 0.05) is 36.5 Å². The van der Waals surface area contributed by atoms with Crippen molar-refractivity contribution in [2.24, 2.45) is 4.99 Å². The molecule has 4 aromatic rings. The summed E-state index contributed by atoms with van der Waals surface area (Å²) in [6.45, 7) is 16.1. The lowest BCUT2D eigenvalue weighted by atomic mass is 9.71. The van der Waals surface area contributed by atoms with Gasteiger partial charge in [-0.15, -0.1) is 0 Å². The smallest absolute Gasteiger partial charge is 0.192 e. The molecule has 0 spiro atoms. The molecule has 3 aromatic carbocycles. The zero-order chi connectivity index (χ0) is 39.1. The molecule has 0 bridgehead atoms. The first-order valence-corrected chi connectivity index (χ1v) is 25.3. The number of hydrogen-bond acceptors (Lipinski definition) is 3. The van der Waals surface area contributed by atoms with Crippen LogP contribution in [0.5, 0.6) is 5.75 Å². The number of aromatic nitrogens is 1. The summed E-state index contributed by atoms with van der Waals surface area (Å²) < 4.78 is 20.3. The molecule has 2 unspecified atom stereocenters. The van der Waals surface area contributed by atoms with Crippen molar-refractivity contribution in [3.8, 4) is 16.9 Å². The molecule has 55 heavy (non-hydrogen) atoms. The third kappa shape index (κ3) is 8.55. The molecule has 4 nitrogen and oxygen atoms in total. The third-order valence-electron chi connectivity index (χ3n) is 12.1. The summed E-state index contributed by atoms with van der Waals surface area (Å²) in [5.74, 6) is 1.58. The summed E-state index contributed by atoms with van der Waals surface area (Å²) in [4.78, 5) is 5.25. The number of benzene rings is 3. The quantitative estimate of drug-likeness (QED) is 0.0725. The Kier molecular flexibility index (Phi) is 12.4. The summed E-state index contributed by atoms with van der Waals surface area (Å²) in [5.41, 5.74) is 12.6. The van der Waals surface area contributed by atoms with Crippen molar-refractivity contribution in [3.63, 3.8) is 0 Å². The fourth-order valence-corrected chi connectivity index (χ4v) is 11.4. The molecule has 0 saturated heterocycles. The minimum atomic E-state index is -2.19. The van der Waals surface area contributed by atoms with E-state index in [1.807, 2.05) is 6.21 Å². The summed E-state index contributed by atoms with van der Waals surface area (Å²) in [5, 5.41) is 0.0640. The van der Waals surface area contributed by atoms with E-state index >= 15 is 0 Å². The van der Waals surface area contributed by atoms with Gasteiger partial charge in [-0.1, -0.05) is 84.7 Å². The van der Waals surface area contributed by atoms with Gasteiger partial charge in [0.05, 0.1) is 28.7 Å². The first-order valence-electron chi connectivity index (χ1n) is 19.8. The van der Waals surface area contributed by atoms with Crippen molar-refractivity contribution in [2.75, 3.05) is 0 Å². The summed E-state index contributed by atoms with van der Waals surface area (Å²) in [6, 6.07) is 23.5. The topological polar surface area (TPSA) is 35.8 Å². The average molecular weight is 993 g/mol. The highest BCUT2D eigenvalue weighted by molar-refractivity contribution is 14.1. The first-order chi connectivity index (χ1) is 26.2. The van der Waals surface area contributed by atoms with Crippen molar-refractivity contribution in [1.29, 1.82) is 0 Å². The van der Waals surface area contributed by atoms with Crippen LogP contribution in [0.25, 0.3) is 17.3 Å². The Morgan fingerprint density at radius 2 is 1.58 bits per heavy atom. The van der Waals surface area contributed by atoms with E-state index < -0.39 is 8.32 Å². The van der Waals surface area contributed by atoms with E-state index in [0.717, 1.165) is 72.2 Å². The molecule has 0 aliphatic heterocycles. The van der Waals surface area contributed by atoms with Crippen LogP contribution in [0, 0.1) is 17.4 Å². The molecule has 1 aromatic heterocycles. The monoisotopic (exact) mass is 990 g/mol. The van der Waals surface area contributed by atoms with Gasteiger partial charge in [-0.2, -0.15) is 0 Å². The SMILES string of the molecule is Cc1ccc(C)n1/C=C(/C=Nc1c(I)cccc1-c1ccccc1)Oc1c(Br)cc2c(c1C1C3=C(C=C(Br)C1O[Si](C)(C)C(C)(C)C)CCCC3)CCCC2. The van der Waals surface area contributed by atoms with Gasteiger partial charge in [0.25, 0.3) is 0 Å². The molecule has 8 heteroatoms. The number of aryl methyl sites for hydroxylation is 3. The molecular weight excluding hydrogens is 939 g/mol. The second-order valence-corrected chi connectivity index (χ2v) is 24.6. The first kappa shape index (κ1) is 40.7. The Hall–Kier alpha value is -2.50. The second kappa shape index (κ2) is 16.8. The van der Waals surface area contributed by atoms with Crippen molar-refractivity contribution in [3.05, 3.63) is 130 Å². The maximum atomic E-state index is 7.53. The van der Waals surface area contributed by atoms with Gasteiger partial charge < -0.3 is 13.7 Å². The number of halogens is 3. The molecule has 3 aliphatic rings. The van der Waals surface area contributed by atoms with E-state index in [4.69, 9.17) is 14.2 Å². The lowest BCUT2D eigenvalue weighted by Crippen LogP contribution is -2.46. The number of hydrogen-bond donors (Lipinski definition) is 0. The highest BCUT2D eigenvalue weighted by Gasteiger charge is 2.46. The van der Waals surface area contributed by atoms with Gasteiger partial charge in [-0.3, -0.25) is 4.99 Å². The number of aliphatic imine (C=N–C) groups is 1. The predicted molar refractivity (Wildman–Crippen MR) is 250 cm³/mol. The van der Waals surface area contributed by atoms with E-state index in [9.17, 15) is 0 Å². The molecule has 2 atom stereocenters. The Morgan fingerprint density at radius 1 is 0.891 bits per heavy atom. The number of allylic oxidation sites excluding steroid dienone is 3. The fourth-order valence-electron chi connectivity index (χ4n) is 8.16. The summed E-state index contributed by atoms with van der Waals surface area (Å²) >= 11 is 10.7. The lowest BCUT2D eigenvalue weighted by molar-refractivity contribution is 0.196. The summed E-state index contributed by atoms with van der Waals surface area (Å²) in [6.07, 6.45) is 15.4. The predicted octanol–water partition coefficient (Wildman–Crippen LogP) is 14.9. The molecule has 1 heterocycles. The van der Waals surface area contributed by atoms with Crippen LogP contribution in [0.4, 0.5) is 5.69 Å². The Morgan fingerprint density at radius 3 is 2.31 bits per heavy atom. The number of nitrogens with zero attached hydrogens (tertiary/aromatic N) is 2. The summed E-state index contributed by atoms with van der Waals surface area (Å²) in [7, 11) is -2.19. The maximum absolute atomic E-state index is 7.53. The van der Waals surface area contributed by atoms with Crippen molar-refractivity contribution in [2.45, 2.75) is 116 Å². The van der Waals surface area contributed by atoms with Gasteiger partial charge in [0.2, 0.25) is 0 Å². The molecular formula is C47H53Br2IN2O2Si. The van der Waals surface area contributed by atoms with Crippen LogP contribution in [-0.4, -0.2) is 25.2 Å². The van der Waals surface area contributed by atoms with Gasteiger partial charge in [-0.05, 0) is 174 Å². The van der Waals surface area contributed by atoms with E-state index in [0.29, 0.717) is 5.76 Å². The minimum Gasteiger partial charge on any atom is -0.453 e. The Labute approximate surface area is 360 Å². The third-order valence-corrected chi connectivity index (χ3v) is 18.7. The molecule has 0 fully saturated rings. The highest BCUT2D eigenvalue weighted by Crippen LogP contribution is 2.54. The van der Waals surface area contributed by atoms with Gasteiger partial charge >= 0.3 is 0 Å². The zero-order valence-corrected chi connectivity index (χ0v) is 39.6. The zero-order valence-electron chi connectivity index (χ0n) is 33.2. The number of ether oxygens (including phenoxy) is 1. The number of para-hydroxylation sites is 1. The van der Waals surface area contributed by atoms with Gasteiger partial charge in [0.1, 0.15) is 5.75 Å². The minimum absolute atomic E-state index is 0.0381. The van der Waals surface area contributed by atoms with E-state index in [1.165, 1.54) is 53.5 Å². The molecule has 0 saturated carbocycles. The van der Waals surface area contributed by atoms with Crippen LogP contribution in [0.1, 0.15) is 93.3 Å². The van der Waals surface area contributed by atoms with E-state index in [-0.39, 0.29) is 17.1 Å². The fraction of sp³-hybridized carbons (Fsp3) is 0.383. The van der Waals surface area contributed by atoms with Crippen LogP contribution in [0.3, 0.4) is 0 Å². The Balaban J connectivity index is 1.43. The highest BCUT2D eigenvalue weighted by atomic mass is 127. The van der Waals surface area contributed by atoms with Gasteiger partial charge in [0.15, 0.2) is 14.1 Å². The Bertz CT molecular complexity index is 2190. The number of rotatable bonds is 9. The van der Waals surface area contributed by atoms with Crippen LogP contribution < -0.4 is 4.74 Å². The van der Waals surface area contributed by atoms with Crippen molar-refractivity contribution < 1.29 is 9.16 Å². The molecule has 0 amide bonds. The van der Waals surface area contributed by atoms with E-state index in [2.05, 4.69) is 186 Å². The molecule has 288 valence electrons. The molecule has 0 N–H and O–H groups in total. The van der Waals surface area contributed by atoms with Crippen LogP contribution in [0.2, 0.25) is 18.1 Å². The lowest BCUT2D eigenvalue weighted by Gasteiger charge is -2.45. The van der Waals surface area contributed by atoms with Crippen molar-refractivity contribution >= 4 is 80.9 Å². The molecule has 0 radical (unpaired) electrons. The van der Waals surface area contributed by atoms with E-state index in [1.54, 1.807) is 0 Å². The van der Waals surface area contributed by atoms with Crippen LogP contribution in [-0.2, 0) is 17.3 Å². The largest absolute Gasteiger partial charge is 0.453 e. The van der Waals surface area contributed by atoms with Crippen LogP contribution >= 0.6 is 54.5 Å². The second-order valence-electron chi connectivity index (χ2n) is 16.9. The molecule has 7 rings (SSSR count). The number of fused-ring (bicyclic) bond motifs is 1. The standard InChI is InChI=1S/C47H53Br2IN2O2Si/c1-30-24-25-31(2)52(30)29-35(28-51-44-38(22-15-23-41(44)50)32-16-9-8-10-17-32)53-45-39(48)26-33-18-11-13-20-36(33)42(45)43-37-21-14-12-19-34(37)27-40(49)46(43)54-55(6,7)47(3,4)5/h8-10,15-17,22-29,43,46H,11-14,18-21H2,1-7H3/b35-29-,51-28?. The van der Waals surface area contributed by atoms with Crippen molar-refractivity contribution in [1.82, 2.24) is 4.57 Å². The van der Waals surface area contributed by atoms with Gasteiger partial charge in [-0.25, -0.2) is 0 Å². The average Bonchev–Trinajstić information content (AvgIpc) is 3.47. The maximum Gasteiger partial charge on any atom is 0.192 e. The normalized spacial score (nSPS) is 19.4.